The monoisotopic (exact) mass is 393 g/mol. The van der Waals surface area contributed by atoms with Gasteiger partial charge in [0.15, 0.2) is 0 Å². The van der Waals surface area contributed by atoms with E-state index in [1.807, 2.05) is 37.3 Å². The number of piperidine rings is 1. The van der Waals surface area contributed by atoms with Crippen molar-refractivity contribution in [3.05, 3.63) is 34.8 Å². The van der Waals surface area contributed by atoms with Crippen LogP contribution in [0.4, 0.5) is 0 Å². The lowest BCUT2D eigenvalue weighted by molar-refractivity contribution is -0.152. The number of hydrogen-bond donors (Lipinski definition) is 0. The first-order valence-electron chi connectivity index (χ1n) is 9.90. The molecule has 2 fully saturated rings. The van der Waals surface area contributed by atoms with Gasteiger partial charge in [0.05, 0.1) is 35.7 Å². The Balaban J connectivity index is 1.32. The van der Waals surface area contributed by atoms with Gasteiger partial charge in [0, 0.05) is 26.6 Å². The minimum absolute atomic E-state index is 0.0355. The molecule has 2 amide bonds. The van der Waals surface area contributed by atoms with Gasteiger partial charge in [-0.15, -0.1) is 5.10 Å². The molecule has 4 aliphatic heterocycles. The zero-order chi connectivity index (χ0) is 20.2. The van der Waals surface area contributed by atoms with E-state index in [2.05, 4.69) is 15.2 Å². The average Bonchev–Trinajstić information content (AvgIpc) is 3.33. The fraction of sp³-hybridized carbons (Fsp3) is 0.476. The number of carbonyl (C=O) groups excluding carboxylic acids is 2. The van der Waals surface area contributed by atoms with E-state index in [1.54, 1.807) is 16.8 Å². The van der Waals surface area contributed by atoms with Crippen molar-refractivity contribution in [3.63, 3.8) is 0 Å². The van der Waals surface area contributed by atoms with Gasteiger partial charge in [0.1, 0.15) is 11.8 Å². The number of rotatable bonds is 3. The Labute approximate surface area is 168 Å². The molecule has 8 heteroatoms. The number of nitrogens with zero attached hydrogens (tertiary/aromatic N) is 5. The number of benzene rings is 1. The molecule has 1 aromatic rings. The van der Waals surface area contributed by atoms with Crippen LogP contribution >= 0.6 is 0 Å². The Hall–Kier alpha value is -2.87. The largest absolute Gasteiger partial charge is 0.376 e. The quantitative estimate of drug-likeness (QED) is 0.686. The highest BCUT2D eigenvalue weighted by Gasteiger charge is 2.45. The van der Waals surface area contributed by atoms with Crippen molar-refractivity contribution in [1.29, 1.82) is 0 Å². The Morgan fingerprint density at radius 1 is 1.24 bits per heavy atom. The van der Waals surface area contributed by atoms with Gasteiger partial charge < -0.3 is 14.5 Å². The number of ether oxygens (including phenoxy) is 1. The fourth-order valence-corrected chi connectivity index (χ4v) is 4.21. The van der Waals surface area contributed by atoms with Crippen LogP contribution < -0.4 is 10.6 Å². The maximum absolute atomic E-state index is 13.1. The van der Waals surface area contributed by atoms with Gasteiger partial charge >= 0.3 is 0 Å². The van der Waals surface area contributed by atoms with Gasteiger partial charge in [0.25, 0.3) is 11.8 Å². The van der Waals surface area contributed by atoms with Gasteiger partial charge in [-0.3, -0.25) is 14.6 Å². The molecule has 2 saturated heterocycles. The summed E-state index contributed by atoms with van der Waals surface area (Å²) in [5.74, 6) is -0.416. The highest BCUT2D eigenvalue weighted by Crippen LogP contribution is 2.27. The molecular weight excluding hydrogens is 370 g/mol. The number of amides is 2. The van der Waals surface area contributed by atoms with Crippen LogP contribution in [0.1, 0.15) is 13.3 Å². The maximum Gasteiger partial charge on any atom is 0.271 e. The molecule has 0 saturated carbocycles. The van der Waals surface area contributed by atoms with Crippen LogP contribution in [0.15, 0.2) is 39.5 Å². The second kappa shape index (κ2) is 6.59. The Kier molecular flexibility index (Phi) is 4.13. The molecule has 8 nitrogen and oxygen atoms in total. The topological polar surface area (TPSA) is 86.9 Å². The molecule has 4 heterocycles. The summed E-state index contributed by atoms with van der Waals surface area (Å²) < 4.78 is 5.28. The highest BCUT2D eigenvalue weighted by molar-refractivity contribution is 6.44. The number of carbonyl (C=O) groups is 2. The summed E-state index contributed by atoms with van der Waals surface area (Å²) in [7, 11) is 1.78. The van der Waals surface area contributed by atoms with Gasteiger partial charge in [0.2, 0.25) is 0 Å². The normalized spacial score (nSPS) is 26.2. The van der Waals surface area contributed by atoms with Crippen molar-refractivity contribution in [1.82, 2.24) is 9.80 Å². The third-order valence-electron chi connectivity index (χ3n) is 6.34. The van der Waals surface area contributed by atoms with E-state index in [-0.39, 0.29) is 23.3 Å². The highest BCUT2D eigenvalue weighted by atomic mass is 16.5. The van der Waals surface area contributed by atoms with E-state index in [4.69, 9.17) is 4.74 Å². The first-order chi connectivity index (χ1) is 14.0. The van der Waals surface area contributed by atoms with Crippen LogP contribution in [-0.2, 0) is 14.3 Å². The van der Waals surface area contributed by atoms with E-state index in [9.17, 15) is 9.59 Å². The molecule has 0 N–H and O–H groups in total. The SMILES string of the molecule is CN(C(=O)C1=NN=C2CCN(C(=O)C3C=c4ccccc4=N3)CC21)C1(C)COC1. The lowest BCUT2D eigenvalue weighted by Gasteiger charge is -2.45. The molecule has 150 valence electrons. The van der Waals surface area contributed by atoms with Crippen LogP contribution in [0.3, 0.4) is 0 Å². The lowest BCUT2D eigenvalue weighted by Crippen LogP contribution is -2.62. The number of hydrogen-bond acceptors (Lipinski definition) is 6. The predicted octanol–water partition coefficient (Wildman–Crippen LogP) is -0.625. The number of likely N-dealkylation sites (tertiary alicyclic amines) is 1. The minimum atomic E-state index is -0.503. The Morgan fingerprint density at radius 3 is 2.76 bits per heavy atom. The molecule has 0 aliphatic carbocycles. The van der Waals surface area contributed by atoms with Crippen molar-refractivity contribution in [2.75, 3.05) is 33.4 Å². The van der Waals surface area contributed by atoms with Crippen LogP contribution in [0.2, 0.25) is 0 Å². The van der Waals surface area contributed by atoms with E-state index in [1.165, 1.54) is 0 Å². The van der Waals surface area contributed by atoms with E-state index in [0.717, 1.165) is 16.3 Å². The summed E-state index contributed by atoms with van der Waals surface area (Å²) >= 11 is 0. The summed E-state index contributed by atoms with van der Waals surface area (Å²) in [6.07, 6.45) is 2.53. The van der Waals surface area contributed by atoms with Crippen LogP contribution in [0.5, 0.6) is 0 Å². The second-order valence-corrected chi connectivity index (χ2v) is 8.32. The standard InChI is InChI=1S/C21H23N5O3/c1-21(11-29-12-21)25(2)20(28)18-14-10-26(8-7-16(14)23-24-18)19(27)17-9-13-5-3-4-6-15(13)22-17/h3-6,9,14,17H,7-8,10-12H2,1-2H3. The van der Waals surface area contributed by atoms with Crippen molar-refractivity contribution in [2.45, 2.75) is 24.9 Å². The first kappa shape index (κ1) is 18.2. The van der Waals surface area contributed by atoms with E-state index in [0.29, 0.717) is 38.4 Å². The van der Waals surface area contributed by atoms with Crippen LogP contribution in [0.25, 0.3) is 6.08 Å². The molecule has 0 bridgehead atoms. The summed E-state index contributed by atoms with van der Waals surface area (Å²) in [6, 6.07) is 7.24. The maximum atomic E-state index is 13.1. The summed E-state index contributed by atoms with van der Waals surface area (Å²) in [5, 5.41) is 10.3. The van der Waals surface area contributed by atoms with Crippen LogP contribution in [-0.4, -0.2) is 78.0 Å². The van der Waals surface area contributed by atoms with E-state index >= 15 is 0 Å². The van der Waals surface area contributed by atoms with Crippen molar-refractivity contribution in [2.24, 2.45) is 21.1 Å². The molecule has 1 aromatic carbocycles. The van der Waals surface area contributed by atoms with Gasteiger partial charge in [-0.05, 0) is 24.3 Å². The second-order valence-electron chi connectivity index (χ2n) is 8.32. The number of fused-ring (bicyclic) bond motifs is 2. The van der Waals surface area contributed by atoms with Crippen molar-refractivity contribution in [3.8, 4) is 0 Å². The Bertz CT molecular complexity index is 1040. The Morgan fingerprint density at radius 2 is 2.03 bits per heavy atom. The molecule has 29 heavy (non-hydrogen) atoms. The number of para-hydroxylation sites is 1. The molecule has 0 spiro atoms. The molecule has 4 aliphatic rings. The smallest absolute Gasteiger partial charge is 0.271 e. The summed E-state index contributed by atoms with van der Waals surface area (Å²) in [5.41, 5.74) is 0.996. The minimum Gasteiger partial charge on any atom is -0.376 e. The zero-order valence-electron chi connectivity index (χ0n) is 16.5. The molecule has 2 unspecified atom stereocenters. The van der Waals surface area contributed by atoms with Crippen LogP contribution in [0, 0.1) is 5.92 Å². The van der Waals surface area contributed by atoms with Gasteiger partial charge in [-0.2, -0.15) is 5.10 Å². The molecular formula is C21H23N5O3. The molecule has 0 radical (unpaired) electrons. The molecule has 0 aromatic heterocycles. The average molecular weight is 393 g/mol. The number of likely N-dealkylation sites (N-methyl/N-ethyl adjacent to an activating group) is 1. The van der Waals surface area contributed by atoms with Gasteiger partial charge in [-0.25, -0.2) is 0 Å². The first-order valence-corrected chi connectivity index (χ1v) is 9.90. The molecule has 5 rings (SSSR count). The fourth-order valence-electron chi connectivity index (χ4n) is 4.21. The predicted molar refractivity (Wildman–Crippen MR) is 107 cm³/mol. The third-order valence-corrected chi connectivity index (χ3v) is 6.34. The zero-order valence-corrected chi connectivity index (χ0v) is 16.5. The molecule has 2 atom stereocenters. The summed E-state index contributed by atoms with van der Waals surface area (Å²) in [6.45, 7) is 4.02. The van der Waals surface area contributed by atoms with Gasteiger partial charge in [-0.1, -0.05) is 18.2 Å². The van der Waals surface area contributed by atoms with E-state index < -0.39 is 6.04 Å². The van der Waals surface area contributed by atoms with Crippen molar-refractivity contribution >= 4 is 29.3 Å². The third kappa shape index (κ3) is 2.90. The van der Waals surface area contributed by atoms with Crippen molar-refractivity contribution < 1.29 is 14.3 Å². The lowest BCUT2D eigenvalue weighted by atomic mass is 9.89. The summed E-state index contributed by atoms with van der Waals surface area (Å²) in [4.78, 5) is 34.2.